The van der Waals surface area contributed by atoms with Gasteiger partial charge in [-0.15, -0.1) is 0 Å². The van der Waals surface area contributed by atoms with Crippen LogP contribution >= 0.6 is 0 Å². The average molecular weight is 338 g/mol. The standard InChI is InChI=1S/C13H18N6O3S/c1-8-15-13(17-16-8)10-3-9-4-19(5-11(9)22-10)23(20,21)12-6-18(2)7-14-12/h6-7,9-11H,3-5H2,1-2H3,(H,15,16,17)/t9-,10-,11+/m0/s1. The van der Waals surface area contributed by atoms with Gasteiger partial charge in [-0.1, -0.05) is 0 Å². The van der Waals surface area contributed by atoms with E-state index in [0.29, 0.717) is 18.9 Å². The molecule has 4 heterocycles. The molecule has 0 spiro atoms. The molecular weight excluding hydrogens is 320 g/mol. The van der Waals surface area contributed by atoms with Crippen molar-refractivity contribution in [3.63, 3.8) is 0 Å². The topological polar surface area (TPSA) is 106 Å². The predicted octanol–water partition coefficient (Wildman–Crippen LogP) is -0.00268. The van der Waals surface area contributed by atoms with Gasteiger partial charge in [0.1, 0.15) is 11.9 Å². The molecule has 0 aliphatic carbocycles. The van der Waals surface area contributed by atoms with Gasteiger partial charge in [-0.2, -0.15) is 9.40 Å². The van der Waals surface area contributed by atoms with Gasteiger partial charge in [-0.05, 0) is 13.3 Å². The zero-order valence-corrected chi connectivity index (χ0v) is 13.7. The molecule has 23 heavy (non-hydrogen) atoms. The van der Waals surface area contributed by atoms with E-state index in [4.69, 9.17) is 4.74 Å². The molecule has 3 atom stereocenters. The summed E-state index contributed by atoms with van der Waals surface area (Å²) in [7, 11) is -1.81. The summed E-state index contributed by atoms with van der Waals surface area (Å²) in [5, 5.41) is 7.03. The van der Waals surface area contributed by atoms with E-state index in [9.17, 15) is 8.42 Å². The fourth-order valence-corrected chi connectivity index (χ4v) is 4.72. The van der Waals surface area contributed by atoms with Crippen molar-refractivity contribution in [3.8, 4) is 0 Å². The van der Waals surface area contributed by atoms with Crippen molar-refractivity contribution in [2.75, 3.05) is 13.1 Å². The smallest absolute Gasteiger partial charge is 0.262 e. The maximum atomic E-state index is 12.6. The predicted molar refractivity (Wildman–Crippen MR) is 78.8 cm³/mol. The van der Waals surface area contributed by atoms with Gasteiger partial charge in [0.2, 0.25) is 0 Å². The Bertz CT molecular complexity index is 814. The molecule has 0 amide bonds. The van der Waals surface area contributed by atoms with E-state index in [2.05, 4.69) is 20.2 Å². The molecule has 124 valence electrons. The zero-order valence-electron chi connectivity index (χ0n) is 12.9. The fraction of sp³-hybridized carbons (Fsp3) is 0.615. The van der Waals surface area contributed by atoms with Crippen molar-refractivity contribution >= 4 is 10.0 Å². The van der Waals surface area contributed by atoms with Crippen molar-refractivity contribution in [3.05, 3.63) is 24.2 Å². The Balaban J connectivity index is 1.48. The molecule has 1 N–H and O–H groups in total. The molecule has 0 saturated carbocycles. The number of nitrogens with one attached hydrogen (secondary N) is 1. The number of sulfonamides is 1. The Labute approximate surface area is 133 Å². The van der Waals surface area contributed by atoms with Gasteiger partial charge in [0.05, 0.1) is 12.4 Å². The van der Waals surface area contributed by atoms with E-state index < -0.39 is 10.0 Å². The van der Waals surface area contributed by atoms with Crippen molar-refractivity contribution in [2.45, 2.75) is 30.6 Å². The van der Waals surface area contributed by atoms with E-state index in [1.54, 1.807) is 11.6 Å². The molecule has 10 heteroatoms. The lowest BCUT2D eigenvalue weighted by molar-refractivity contribution is 0.0385. The van der Waals surface area contributed by atoms with Crippen molar-refractivity contribution in [1.29, 1.82) is 0 Å². The molecule has 0 bridgehead atoms. The second-order valence-corrected chi connectivity index (χ2v) is 8.02. The van der Waals surface area contributed by atoms with Crippen LogP contribution in [0.3, 0.4) is 0 Å². The summed E-state index contributed by atoms with van der Waals surface area (Å²) >= 11 is 0. The summed E-state index contributed by atoms with van der Waals surface area (Å²) in [5.74, 6) is 1.56. The Morgan fingerprint density at radius 1 is 1.39 bits per heavy atom. The van der Waals surface area contributed by atoms with E-state index in [0.717, 1.165) is 12.2 Å². The molecular formula is C13H18N6O3S. The lowest BCUT2D eigenvalue weighted by Crippen LogP contribution is -2.31. The first kappa shape index (κ1) is 14.8. The highest BCUT2D eigenvalue weighted by atomic mass is 32.2. The van der Waals surface area contributed by atoms with Crippen LogP contribution in [0.25, 0.3) is 0 Å². The van der Waals surface area contributed by atoms with Crippen LogP contribution in [-0.2, 0) is 21.8 Å². The number of imidazole rings is 1. The number of aryl methyl sites for hydroxylation is 2. The Morgan fingerprint density at radius 2 is 2.22 bits per heavy atom. The van der Waals surface area contributed by atoms with Crippen LogP contribution in [0.2, 0.25) is 0 Å². The van der Waals surface area contributed by atoms with Crippen molar-refractivity contribution in [1.82, 2.24) is 29.0 Å². The minimum absolute atomic E-state index is 0.0844. The van der Waals surface area contributed by atoms with Crippen molar-refractivity contribution < 1.29 is 13.2 Å². The minimum atomic E-state index is -3.55. The van der Waals surface area contributed by atoms with Gasteiger partial charge in [0, 0.05) is 32.3 Å². The van der Waals surface area contributed by atoms with Gasteiger partial charge < -0.3 is 9.30 Å². The third-order valence-electron chi connectivity index (χ3n) is 4.39. The lowest BCUT2D eigenvalue weighted by Gasteiger charge is -2.17. The average Bonchev–Trinajstić information content (AvgIpc) is 3.19. The molecule has 0 unspecified atom stereocenters. The van der Waals surface area contributed by atoms with E-state index in [1.165, 1.54) is 16.8 Å². The number of rotatable bonds is 3. The first-order chi connectivity index (χ1) is 10.9. The van der Waals surface area contributed by atoms with Gasteiger partial charge in [0.25, 0.3) is 10.0 Å². The van der Waals surface area contributed by atoms with Crippen LogP contribution in [-0.4, -0.2) is 56.6 Å². The third kappa shape index (κ3) is 2.46. The Hall–Kier alpha value is -1.78. The van der Waals surface area contributed by atoms with E-state index >= 15 is 0 Å². The molecule has 2 aromatic rings. The zero-order chi connectivity index (χ0) is 16.2. The van der Waals surface area contributed by atoms with Crippen LogP contribution in [0.1, 0.15) is 24.2 Å². The summed E-state index contributed by atoms with van der Waals surface area (Å²) in [6.45, 7) is 2.64. The minimum Gasteiger partial charge on any atom is -0.365 e. The number of aromatic amines is 1. The first-order valence-corrected chi connectivity index (χ1v) is 8.90. The molecule has 2 aliphatic heterocycles. The van der Waals surface area contributed by atoms with Gasteiger partial charge in [-0.3, -0.25) is 5.10 Å². The summed E-state index contributed by atoms with van der Waals surface area (Å²) in [6, 6.07) is 0. The molecule has 2 aliphatic rings. The molecule has 0 aromatic carbocycles. The lowest BCUT2D eigenvalue weighted by atomic mass is 10.0. The van der Waals surface area contributed by atoms with Gasteiger partial charge in [-0.25, -0.2) is 18.4 Å². The molecule has 4 rings (SSSR count). The summed E-state index contributed by atoms with van der Waals surface area (Å²) < 4.78 is 34.3. The molecule has 2 fully saturated rings. The molecule has 9 nitrogen and oxygen atoms in total. The summed E-state index contributed by atoms with van der Waals surface area (Å²) in [5.41, 5.74) is 0. The third-order valence-corrected chi connectivity index (χ3v) is 6.11. The van der Waals surface area contributed by atoms with E-state index in [1.807, 2.05) is 6.92 Å². The first-order valence-electron chi connectivity index (χ1n) is 7.46. The quantitative estimate of drug-likeness (QED) is 0.844. The number of H-pyrrole nitrogens is 1. The molecule has 2 saturated heterocycles. The molecule has 0 radical (unpaired) electrons. The number of ether oxygens (including phenoxy) is 1. The van der Waals surface area contributed by atoms with Crippen LogP contribution in [0, 0.1) is 12.8 Å². The van der Waals surface area contributed by atoms with E-state index in [-0.39, 0.29) is 23.2 Å². The van der Waals surface area contributed by atoms with Crippen LogP contribution in [0.5, 0.6) is 0 Å². The SMILES string of the molecule is Cc1nc([C@@H]2C[C@H]3CN(S(=O)(=O)c4cn(C)cn4)C[C@H]3O2)n[nH]1. The highest BCUT2D eigenvalue weighted by molar-refractivity contribution is 7.89. The van der Waals surface area contributed by atoms with Gasteiger partial charge >= 0.3 is 0 Å². The largest absolute Gasteiger partial charge is 0.365 e. The van der Waals surface area contributed by atoms with Gasteiger partial charge in [0.15, 0.2) is 10.9 Å². The maximum Gasteiger partial charge on any atom is 0.262 e. The van der Waals surface area contributed by atoms with Crippen LogP contribution < -0.4 is 0 Å². The second-order valence-electron chi connectivity index (χ2n) is 6.14. The monoisotopic (exact) mass is 338 g/mol. The highest BCUT2D eigenvalue weighted by Crippen LogP contribution is 2.41. The van der Waals surface area contributed by atoms with Crippen LogP contribution in [0.4, 0.5) is 0 Å². The highest BCUT2D eigenvalue weighted by Gasteiger charge is 2.47. The Kier molecular flexibility index (Phi) is 3.29. The summed E-state index contributed by atoms with van der Waals surface area (Å²) in [4.78, 5) is 8.26. The second kappa shape index (κ2) is 5.11. The number of aromatic nitrogens is 5. The number of hydrogen-bond donors (Lipinski definition) is 1. The molecule has 2 aromatic heterocycles. The van der Waals surface area contributed by atoms with Crippen LogP contribution in [0.15, 0.2) is 17.6 Å². The number of fused-ring (bicyclic) bond motifs is 1. The maximum absolute atomic E-state index is 12.6. The fourth-order valence-electron chi connectivity index (χ4n) is 3.25. The van der Waals surface area contributed by atoms with Crippen molar-refractivity contribution in [2.24, 2.45) is 13.0 Å². The summed E-state index contributed by atoms with van der Waals surface area (Å²) in [6.07, 6.45) is 3.47. The number of hydrogen-bond acceptors (Lipinski definition) is 6. The normalized spacial score (nSPS) is 28.3. The number of nitrogens with zero attached hydrogens (tertiary/aromatic N) is 5. The Morgan fingerprint density at radius 3 is 2.83 bits per heavy atom.